The Hall–Kier alpha value is -1.91. The lowest BCUT2D eigenvalue weighted by atomic mass is 10.1. The molecule has 0 spiro atoms. The van der Waals surface area contributed by atoms with Crippen molar-refractivity contribution < 1.29 is 13.2 Å². The van der Waals surface area contributed by atoms with Crippen molar-refractivity contribution in [1.29, 1.82) is 0 Å². The quantitative estimate of drug-likeness (QED) is 0.689. The van der Waals surface area contributed by atoms with Crippen molar-refractivity contribution >= 4 is 10.9 Å². The molecule has 0 unspecified atom stereocenters. The molecule has 16 heavy (non-hydrogen) atoms. The van der Waals surface area contributed by atoms with Gasteiger partial charge in [-0.15, -0.1) is 0 Å². The molecule has 2 rings (SSSR count). The first-order valence-electron chi connectivity index (χ1n) is 4.46. The first kappa shape index (κ1) is 10.6. The van der Waals surface area contributed by atoms with Crippen LogP contribution in [0.15, 0.2) is 41.2 Å². The van der Waals surface area contributed by atoms with Crippen molar-refractivity contribution in [2.75, 3.05) is 0 Å². The summed E-state index contributed by atoms with van der Waals surface area (Å²) in [6, 6.07) is 7.22. The average Bonchev–Trinajstić information content (AvgIpc) is 2.35. The van der Waals surface area contributed by atoms with Gasteiger partial charge in [-0.2, -0.15) is 13.2 Å². The van der Waals surface area contributed by atoms with Crippen LogP contribution in [0.4, 0.5) is 13.2 Å². The zero-order chi connectivity index (χ0) is 11.8. The van der Waals surface area contributed by atoms with E-state index in [9.17, 15) is 18.0 Å². The normalized spacial score (nSPS) is 11.7. The molecule has 1 aromatic carbocycles. The fourth-order valence-electron chi connectivity index (χ4n) is 1.46. The summed E-state index contributed by atoms with van der Waals surface area (Å²) in [7, 11) is 0. The van der Waals surface area contributed by atoms with Crippen molar-refractivity contribution in [1.82, 2.24) is 4.98 Å². The number of alkyl halides is 3. The van der Waals surface area contributed by atoms with Gasteiger partial charge in [0.1, 0.15) is 0 Å². The Bertz CT molecular complexity index is 592. The molecule has 0 saturated heterocycles. The molecule has 5 heteroatoms. The van der Waals surface area contributed by atoms with Crippen molar-refractivity contribution in [3.05, 3.63) is 52.3 Å². The summed E-state index contributed by atoms with van der Waals surface area (Å²) in [5.74, 6) is 0. The van der Waals surface area contributed by atoms with Crippen LogP contribution >= 0.6 is 0 Å². The second-order valence-electron chi connectivity index (χ2n) is 3.21. The van der Waals surface area contributed by atoms with E-state index in [-0.39, 0.29) is 10.9 Å². The second-order valence-corrected chi connectivity index (χ2v) is 3.21. The van der Waals surface area contributed by atoms with Crippen LogP contribution in [-0.2, 0) is 6.18 Å². The largest absolute Gasteiger partial charge is 0.417 e. The lowest BCUT2D eigenvalue weighted by Gasteiger charge is -2.07. The minimum absolute atomic E-state index is 0.0461. The number of nitrogens with zero attached hydrogens (tertiary/aromatic N) is 1. The Labute approximate surface area is 88.4 Å². The molecule has 0 amide bonds. The molecule has 0 radical (unpaired) electrons. The van der Waals surface area contributed by atoms with Crippen LogP contribution in [0, 0.1) is 0 Å². The van der Waals surface area contributed by atoms with E-state index in [4.69, 9.17) is 0 Å². The zero-order valence-electron chi connectivity index (χ0n) is 7.95. The molecule has 0 saturated carbocycles. The topological polar surface area (TPSA) is 30.0 Å². The number of hydrogen-bond donors (Lipinski definition) is 0. The lowest BCUT2D eigenvalue weighted by Crippen LogP contribution is -2.06. The first-order chi connectivity index (χ1) is 7.48. The molecule has 82 valence electrons. The molecular weight excluding hydrogens is 219 g/mol. The number of benzene rings is 1. The van der Waals surface area contributed by atoms with Crippen LogP contribution < -0.4 is 5.56 Å². The molecule has 1 heterocycles. The van der Waals surface area contributed by atoms with Crippen LogP contribution in [0.2, 0.25) is 0 Å². The average molecular weight is 225 g/mol. The summed E-state index contributed by atoms with van der Waals surface area (Å²) < 4.78 is 37.9. The van der Waals surface area contributed by atoms with Gasteiger partial charge in [0.25, 0.3) is 5.56 Å². The van der Waals surface area contributed by atoms with E-state index in [0.717, 1.165) is 12.1 Å². The van der Waals surface area contributed by atoms with E-state index in [1.165, 1.54) is 24.3 Å². The summed E-state index contributed by atoms with van der Waals surface area (Å²) in [6.45, 7) is 0. The highest BCUT2D eigenvalue weighted by Gasteiger charge is 2.32. The molecule has 0 fully saturated rings. The lowest BCUT2D eigenvalue weighted by molar-refractivity contribution is -0.136. The van der Waals surface area contributed by atoms with Gasteiger partial charge in [-0.25, -0.2) is 4.98 Å². The Morgan fingerprint density at radius 2 is 1.69 bits per heavy atom. The highest BCUT2D eigenvalue weighted by Crippen LogP contribution is 2.33. The van der Waals surface area contributed by atoms with E-state index in [1.807, 2.05) is 0 Å². The summed E-state index contributed by atoms with van der Waals surface area (Å²) in [5, 5.41) is -0.0721. The van der Waals surface area contributed by atoms with Crippen LogP contribution in [-0.4, -0.2) is 4.98 Å². The predicted octanol–water partition coefficient (Wildman–Crippen LogP) is 2.61. The van der Waals surface area contributed by atoms with E-state index in [1.54, 1.807) is 0 Å². The molecule has 0 N–H and O–H groups in total. The molecule has 2 aromatic rings. The summed E-state index contributed by atoms with van der Waals surface area (Å²) in [6.07, 6.45) is -4.45. The number of hydrogen-bond acceptors (Lipinski definition) is 2. The number of halogens is 3. The van der Waals surface area contributed by atoms with E-state index in [2.05, 4.69) is 4.98 Å². The van der Waals surface area contributed by atoms with Crippen LogP contribution in [0.25, 0.3) is 10.9 Å². The van der Waals surface area contributed by atoms with E-state index >= 15 is 0 Å². The van der Waals surface area contributed by atoms with Gasteiger partial charge >= 0.3 is 6.18 Å². The van der Waals surface area contributed by atoms with Gasteiger partial charge in [0.05, 0.1) is 11.1 Å². The summed E-state index contributed by atoms with van der Waals surface area (Å²) >= 11 is 0. The Kier molecular flexibility index (Phi) is 2.38. The minimum Gasteiger partial charge on any atom is -0.267 e. The highest BCUT2D eigenvalue weighted by atomic mass is 19.4. The van der Waals surface area contributed by atoms with E-state index < -0.39 is 17.3 Å². The monoisotopic (exact) mass is 225 g/mol. The van der Waals surface area contributed by atoms with Crippen molar-refractivity contribution in [3.63, 3.8) is 0 Å². The fraction of sp³-hybridized carbons (Fsp3) is 0.0909. The summed E-state index contributed by atoms with van der Waals surface area (Å²) in [4.78, 5) is 14.6. The van der Waals surface area contributed by atoms with Crippen LogP contribution in [0.3, 0.4) is 0 Å². The molecule has 0 aliphatic rings. The fourth-order valence-corrected chi connectivity index (χ4v) is 1.46. The Morgan fingerprint density at radius 3 is 2.38 bits per heavy atom. The van der Waals surface area contributed by atoms with Gasteiger partial charge < -0.3 is 0 Å². The number of rotatable bonds is 0. The van der Waals surface area contributed by atoms with Gasteiger partial charge in [0, 0.05) is 11.5 Å². The third-order valence-corrected chi connectivity index (χ3v) is 2.12. The smallest absolute Gasteiger partial charge is 0.267 e. The zero-order valence-corrected chi connectivity index (χ0v) is 7.95. The molecule has 1 aromatic heterocycles. The third kappa shape index (κ3) is 1.88. The van der Waals surface area contributed by atoms with Crippen molar-refractivity contribution in [2.45, 2.75) is 6.18 Å². The standard InChI is InChI=1S/C11H6F3NO/c12-11(13,14)8-4-2-5-9-7(8)3-1-6-10(16)15-9/h1-6H. The Balaban J connectivity index is 2.90. The SMILES string of the molecule is O=c1cccc2c(C(F)(F)F)cccc2n1. The molecule has 0 aliphatic carbocycles. The molecule has 0 atom stereocenters. The number of fused-ring (bicyclic) bond motifs is 1. The molecular formula is C11H6F3NO. The van der Waals surface area contributed by atoms with E-state index in [0.29, 0.717) is 0 Å². The molecule has 2 nitrogen and oxygen atoms in total. The predicted molar refractivity (Wildman–Crippen MR) is 53.0 cm³/mol. The van der Waals surface area contributed by atoms with Gasteiger partial charge in [0.2, 0.25) is 0 Å². The van der Waals surface area contributed by atoms with Crippen molar-refractivity contribution in [3.8, 4) is 0 Å². The number of aromatic nitrogens is 1. The minimum atomic E-state index is -4.45. The van der Waals surface area contributed by atoms with Gasteiger partial charge in [-0.05, 0) is 12.1 Å². The third-order valence-electron chi connectivity index (χ3n) is 2.12. The maximum Gasteiger partial charge on any atom is 0.417 e. The van der Waals surface area contributed by atoms with Crippen molar-refractivity contribution in [2.24, 2.45) is 0 Å². The van der Waals surface area contributed by atoms with Gasteiger partial charge in [0.15, 0.2) is 0 Å². The molecule has 0 bridgehead atoms. The second kappa shape index (κ2) is 3.59. The Morgan fingerprint density at radius 1 is 1.00 bits per heavy atom. The van der Waals surface area contributed by atoms with Crippen LogP contribution in [0.1, 0.15) is 5.56 Å². The highest BCUT2D eigenvalue weighted by molar-refractivity contribution is 5.82. The molecule has 0 aliphatic heterocycles. The first-order valence-corrected chi connectivity index (χ1v) is 4.46. The summed E-state index contributed by atoms with van der Waals surface area (Å²) in [5.41, 5.74) is -1.30. The van der Waals surface area contributed by atoms with Gasteiger partial charge in [-0.1, -0.05) is 18.2 Å². The maximum absolute atomic E-state index is 12.6. The van der Waals surface area contributed by atoms with Crippen LogP contribution in [0.5, 0.6) is 0 Å². The van der Waals surface area contributed by atoms with Gasteiger partial charge in [-0.3, -0.25) is 4.79 Å². The maximum atomic E-state index is 12.6.